The maximum Gasteiger partial charge on any atom is 0.260 e. The van der Waals surface area contributed by atoms with Crippen LogP contribution in [-0.2, 0) is 11.3 Å². The van der Waals surface area contributed by atoms with E-state index >= 15 is 0 Å². The number of ether oxygens (including phenoxy) is 1. The summed E-state index contributed by atoms with van der Waals surface area (Å²) in [5, 5.41) is 0. The summed E-state index contributed by atoms with van der Waals surface area (Å²) in [4.78, 5) is 12.0. The van der Waals surface area contributed by atoms with Crippen molar-refractivity contribution in [2.45, 2.75) is 20.4 Å². The topological polar surface area (TPSA) is 57.2 Å². The van der Waals surface area contributed by atoms with E-state index in [1.165, 1.54) is 0 Å². The zero-order valence-corrected chi connectivity index (χ0v) is 11.0. The van der Waals surface area contributed by atoms with Crippen LogP contribution in [0.5, 0.6) is 0 Å². The van der Waals surface area contributed by atoms with Gasteiger partial charge in [0, 0.05) is 19.3 Å². The van der Waals surface area contributed by atoms with Crippen molar-refractivity contribution >= 4 is 17.2 Å². The van der Waals surface area contributed by atoms with Gasteiger partial charge in [-0.15, -0.1) is 0 Å². The van der Waals surface area contributed by atoms with E-state index in [-0.39, 0.29) is 10.5 Å². The molecule has 0 fully saturated rings. The Morgan fingerprint density at radius 1 is 1.59 bits per heavy atom. The van der Waals surface area contributed by atoms with Gasteiger partial charge in [-0.1, -0.05) is 26.1 Å². The van der Waals surface area contributed by atoms with Gasteiger partial charge in [0.15, 0.2) is 0 Å². The Kier molecular flexibility index (Phi) is 5.31. The van der Waals surface area contributed by atoms with Gasteiger partial charge in [-0.3, -0.25) is 4.79 Å². The molecule has 0 amide bonds. The molecule has 94 valence electrons. The monoisotopic (exact) mass is 254 g/mol. The molecule has 0 aromatic carbocycles. The predicted molar refractivity (Wildman–Crippen MR) is 72.2 cm³/mol. The first-order chi connectivity index (χ1) is 8.02. The van der Waals surface area contributed by atoms with E-state index in [9.17, 15) is 4.79 Å². The third-order valence-electron chi connectivity index (χ3n) is 2.21. The molecule has 0 aliphatic rings. The lowest BCUT2D eigenvalue weighted by Crippen LogP contribution is -2.29. The fraction of sp³-hybridized carbons (Fsp3) is 0.500. The summed E-state index contributed by atoms with van der Waals surface area (Å²) in [5.41, 5.74) is 5.69. The van der Waals surface area contributed by atoms with Gasteiger partial charge >= 0.3 is 0 Å². The molecule has 1 aromatic heterocycles. The molecule has 1 rings (SSSR count). The number of hydrogen-bond donors (Lipinski definition) is 1. The highest BCUT2D eigenvalue weighted by molar-refractivity contribution is 7.80. The Morgan fingerprint density at radius 3 is 2.88 bits per heavy atom. The molecule has 0 radical (unpaired) electrons. The summed E-state index contributed by atoms with van der Waals surface area (Å²) in [7, 11) is 0. The molecule has 17 heavy (non-hydrogen) atoms. The van der Waals surface area contributed by atoms with Crippen LogP contribution in [0.25, 0.3) is 0 Å². The van der Waals surface area contributed by atoms with Crippen LogP contribution in [0.3, 0.4) is 0 Å². The molecular formula is C12H18N2O2S. The summed E-state index contributed by atoms with van der Waals surface area (Å²) in [6.45, 7) is 5.89. The largest absolute Gasteiger partial charge is 0.389 e. The zero-order chi connectivity index (χ0) is 12.8. The van der Waals surface area contributed by atoms with Crippen LogP contribution in [0.2, 0.25) is 0 Å². The lowest BCUT2D eigenvalue weighted by molar-refractivity contribution is 0.102. The Labute approximate surface area is 106 Å². The summed E-state index contributed by atoms with van der Waals surface area (Å²) >= 11 is 4.81. The van der Waals surface area contributed by atoms with E-state index in [1.54, 1.807) is 22.9 Å². The number of aromatic nitrogens is 1. The van der Waals surface area contributed by atoms with Crippen LogP contribution in [0.15, 0.2) is 23.1 Å². The highest BCUT2D eigenvalue weighted by Crippen LogP contribution is 1.95. The van der Waals surface area contributed by atoms with Crippen molar-refractivity contribution in [3.05, 3.63) is 34.2 Å². The van der Waals surface area contributed by atoms with Gasteiger partial charge in [0.2, 0.25) is 0 Å². The molecule has 4 nitrogen and oxygen atoms in total. The molecule has 0 atom stereocenters. The first-order valence-corrected chi connectivity index (χ1v) is 6.00. The fourth-order valence-electron chi connectivity index (χ4n) is 1.38. The standard InChI is InChI=1S/C12H18N2O2S/c1-9(2)8-16-7-6-14-5-3-4-10(11(13)17)12(14)15/h3-5,9H,6-8H2,1-2H3,(H2,13,17). The summed E-state index contributed by atoms with van der Waals surface area (Å²) < 4.78 is 6.99. The highest BCUT2D eigenvalue weighted by Gasteiger charge is 2.05. The van der Waals surface area contributed by atoms with E-state index in [0.717, 1.165) is 0 Å². The van der Waals surface area contributed by atoms with Crippen LogP contribution in [0.1, 0.15) is 19.4 Å². The minimum Gasteiger partial charge on any atom is -0.389 e. The molecule has 0 saturated heterocycles. The van der Waals surface area contributed by atoms with Crippen molar-refractivity contribution in [1.29, 1.82) is 0 Å². The first kappa shape index (κ1) is 13.9. The van der Waals surface area contributed by atoms with Crippen molar-refractivity contribution in [2.75, 3.05) is 13.2 Å². The quantitative estimate of drug-likeness (QED) is 0.611. The van der Waals surface area contributed by atoms with Crippen molar-refractivity contribution in [3.8, 4) is 0 Å². The zero-order valence-electron chi connectivity index (χ0n) is 10.2. The normalized spacial score (nSPS) is 10.8. The van der Waals surface area contributed by atoms with Crippen LogP contribution in [-0.4, -0.2) is 22.8 Å². The third-order valence-corrected chi connectivity index (χ3v) is 2.43. The number of nitrogens with two attached hydrogens (primary N) is 1. The van der Waals surface area contributed by atoms with E-state index in [0.29, 0.717) is 31.2 Å². The Hall–Kier alpha value is -1.20. The van der Waals surface area contributed by atoms with Crippen LogP contribution >= 0.6 is 12.2 Å². The Balaban J connectivity index is 2.63. The van der Waals surface area contributed by atoms with E-state index in [2.05, 4.69) is 13.8 Å². The van der Waals surface area contributed by atoms with Gasteiger partial charge in [0.05, 0.1) is 12.2 Å². The van der Waals surface area contributed by atoms with Crippen molar-refractivity contribution in [1.82, 2.24) is 4.57 Å². The molecule has 0 bridgehead atoms. The maximum atomic E-state index is 11.9. The minimum atomic E-state index is -0.159. The predicted octanol–water partition coefficient (Wildman–Crippen LogP) is 1.16. The van der Waals surface area contributed by atoms with Gasteiger partial charge in [-0.05, 0) is 18.1 Å². The highest BCUT2D eigenvalue weighted by atomic mass is 32.1. The lowest BCUT2D eigenvalue weighted by Gasteiger charge is -2.09. The van der Waals surface area contributed by atoms with E-state index < -0.39 is 0 Å². The third kappa shape index (κ3) is 4.28. The number of pyridine rings is 1. The van der Waals surface area contributed by atoms with Gasteiger partial charge in [-0.2, -0.15) is 0 Å². The molecule has 0 aliphatic carbocycles. The SMILES string of the molecule is CC(C)COCCn1cccc(C(N)=S)c1=O. The van der Waals surface area contributed by atoms with Crippen LogP contribution in [0, 0.1) is 5.92 Å². The van der Waals surface area contributed by atoms with Gasteiger partial charge in [0.1, 0.15) is 4.99 Å². The Bertz CT molecular complexity index is 440. The van der Waals surface area contributed by atoms with E-state index in [4.69, 9.17) is 22.7 Å². The molecule has 0 unspecified atom stereocenters. The van der Waals surface area contributed by atoms with Gasteiger partial charge in [0.25, 0.3) is 5.56 Å². The molecule has 2 N–H and O–H groups in total. The molecule has 5 heteroatoms. The minimum absolute atomic E-state index is 0.132. The molecule has 1 aromatic rings. The van der Waals surface area contributed by atoms with Crippen molar-refractivity contribution < 1.29 is 4.74 Å². The van der Waals surface area contributed by atoms with Crippen molar-refractivity contribution in [2.24, 2.45) is 11.7 Å². The first-order valence-electron chi connectivity index (χ1n) is 5.59. The average molecular weight is 254 g/mol. The molecule has 0 aliphatic heterocycles. The Morgan fingerprint density at radius 2 is 2.29 bits per heavy atom. The molecule has 1 heterocycles. The second-order valence-corrected chi connectivity index (χ2v) is 4.69. The smallest absolute Gasteiger partial charge is 0.260 e. The molecule has 0 saturated carbocycles. The fourth-order valence-corrected chi connectivity index (χ4v) is 1.54. The number of rotatable bonds is 6. The lowest BCUT2D eigenvalue weighted by atomic mass is 10.2. The van der Waals surface area contributed by atoms with Gasteiger partial charge in [-0.25, -0.2) is 0 Å². The maximum absolute atomic E-state index is 11.9. The average Bonchev–Trinajstić information content (AvgIpc) is 2.25. The van der Waals surface area contributed by atoms with Crippen molar-refractivity contribution in [3.63, 3.8) is 0 Å². The van der Waals surface area contributed by atoms with Gasteiger partial charge < -0.3 is 15.0 Å². The van der Waals surface area contributed by atoms with Crippen LogP contribution in [0.4, 0.5) is 0 Å². The van der Waals surface area contributed by atoms with Crippen LogP contribution < -0.4 is 11.3 Å². The second-order valence-electron chi connectivity index (χ2n) is 4.25. The number of nitrogens with zero attached hydrogens (tertiary/aromatic N) is 1. The summed E-state index contributed by atoms with van der Waals surface area (Å²) in [5.74, 6) is 0.495. The summed E-state index contributed by atoms with van der Waals surface area (Å²) in [6, 6.07) is 3.40. The summed E-state index contributed by atoms with van der Waals surface area (Å²) in [6.07, 6.45) is 1.71. The number of hydrogen-bond acceptors (Lipinski definition) is 3. The number of thiocarbonyl (C=S) groups is 1. The molecular weight excluding hydrogens is 236 g/mol. The molecule has 0 spiro atoms. The second kappa shape index (κ2) is 6.51. The van der Waals surface area contributed by atoms with E-state index in [1.807, 2.05) is 0 Å².